The minimum Gasteiger partial charge on any atom is -0.394 e. The molecule has 0 aromatic heterocycles. The Morgan fingerprint density at radius 3 is 2.40 bits per heavy atom. The molecule has 1 unspecified atom stereocenters. The van der Waals surface area contributed by atoms with Crippen molar-refractivity contribution in [2.45, 2.75) is 70.9 Å². The van der Waals surface area contributed by atoms with E-state index in [1.54, 1.807) is 0 Å². The zero-order chi connectivity index (χ0) is 14.6. The summed E-state index contributed by atoms with van der Waals surface area (Å²) >= 11 is 0. The van der Waals surface area contributed by atoms with Gasteiger partial charge in [0.1, 0.15) is 0 Å². The quantitative estimate of drug-likeness (QED) is 0.819. The first-order chi connectivity index (χ1) is 9.55. The maximum atomic E-state index is 9.99. The number of rotatable bonds is 4. The lowest BCUT2D eigenvalue weighted by Crippen LogP contribution is -2.48. The van der Waals surface area contributed by atoms with E-state index in [1.807, 2.05) is 0 Å². The van der Waals surface area contributed by atoms with Gasteiger partial charge in [-0.3, -0.25) is 0 Å². The number of aliphatic hydroxyl groups excluding tert-OH is 1. The summed E-state index contributed by atoms with van der Waals surface area (Å²) in [6.07, 6.45) is 7.81. The average Bonchev–Trinajstić information content (AvgIpc) is 2.70. The number of aryl methyl sites for hydroxylation is 2. The van der Waals surface area contributed by atoms with Crippen molar-refractivity contribution >= 4 is 0 Å². The van der Waals surface area contributed by atoms with E-state index >= 15 is 0 Å². The van der Waals surface area contributed by atoms with Crippen LogP contribution in [0.4, 0.5) is 0 Å². The molecule has 20 heavy (non-hydrogen) atoms. The molecule has 0 aliphatic heterocycles. The maximum Gasteiger partial charge on any atom is 0.0652 e. The van der Waals surface area contributed by atoms with Gasteiger partial charge in [-0.2, -0.15) is 0 Å². The molecule has 1 aromatic rings. The van der Waals surface area contributed by atoms with Gasteiger partial charge in [0, 0.05) is 6.04 Å². The zero-order valence-corrected chi connectivity index (χ0v) is 13.2. The van der Waals surface area contributed by atoms with Gasteiger partial charge in [-0.15, -0.1) is 0 Å². The third-order valence-corrected chi connectivity index (χ3v) is 4.68. The third-order valence-electron chi connectivity index (χ3n) is 4.68. The van der Waals surface area contributed by atoms with E-state index in [-0.39, 0.29) is 12.1 Å². The second-order valence-electron chi connectivity index (χ2n) is 6.64. The molecule has 1 fully saturated rings. The van der Waals surface area contributed by atoms with Gasteiger partial charge in [0.15, 0.2) is 0 Å². The Balaban J connectivity index is 2.21. The van der Waals surface area contributed by atoms with Gasteiger partial charge in [-0.05, 0) is 44.7 Å². The molecular formula is C18H29NO. The van der Waals surface area contributed by atoms with Crippen LogP contribution in [0, 0.1) is 13.8 Å². The van der Waals surface area contributed by atoms with Gasteiger partial charge >= 0.3 is 0 Å². The molecule has 1 atom stereocenters. The van der Waals surface area contributed by atoms with Crippen molar-refractivity contribution in [3.8, 4) is 0 Å². The molecule has 0 radical (unpaired) electrons. The minimum absolute atomic E-state index is 0.147. The first-order valence-corrected chi connectivity index (χ1v) is 8.01. The van der Waals surface area contributed by atoms with Crippen LogP contribution in [0.15, 0.2) is 18.2 Å². The molecule has 1 aliphatic rings. The number of hydrogen-bond donors (Lipinski definition) is 2. The SMILES string of the molecule is Cc1ccc(C)c(C(C)(CO)NC2CCCCCC2)c1. The summed E-state index contributed by atoms with van der Waals surface area (Å²) in [5.41, 5.74) is 3.43. The summed E-state index contributed by atoms with van der Waals surface area (Å²) in [4.78, 5) is 0. The maximum absolute atomic E-state index is 9.99. The Labute approximate surface area is 123 Å². The van der Waals surface area contributed by atoms with Crippen molar-refractivity contribution in [2.75, 3.05) is 6.61 Å². The van der Waals surface area contributed by atoms with E-state index in [2.05, 4.69) is 44.3 Å². The molecule has 2 rings (SSSR count). The fourth-order valence-electron chi connectivity index (χ4n) is 3.41. The number of hydrogen-bond acceptors (Lipinski definition) is 2. The normalized spacial score (nSPS) is 20.4. The Bertz CT molecular complexity index is 435. The van der Waals surface area contributed by atoms with Gasteiger partial charge in [-0.25, -0.2) is 0 Å². The van der Waals surface area contributed by atoms with Crippen molar-refractivity contribution in [1.82, 2.24) is 5.32 Å². The van der Waals surface area contributed by atoms with Crippen LogP contribution in [0.3, 0.4) is 0 Å². The fraction of sp³-hybridized carbons (Fsp3) is 0.667. The molecule has 2 nitrogen and oxygen atoms in total. The Morgan fingerprint density at radius 2 is 1.80 bits per heavy atom. The summed E-state index contributed by atoms with van der Waals surface area (Å²) in [5.74, 6) is 0. The summed E-state index contributed by atoms with van der Waals surface area (Å²) in [6, 6.07) is 7.06. The monoisotopic (exact) mass is 275 g/mol. The summed E-state index contributed by atoms with van der Waals surface area (Å²) in [7, 11) is 0. The van der Waals surface area contributed by atoms with Crippen molar-refractivity contribution in [3.05, 3.63) is 34.9 Å². The molecule has 112 valence electrons. The minimum atomic E-state index is -0.328. The van der Waals surface area contributed by atoms with E-state index in [9.17, 15) is 5.11 Å². The molecule has 0 amide bonds. The van der Waals surface area contributed by atoms with Crippen LogP contribution in [0.2, 0.25) is 0 Å². The average molecular weight is 275 g/mol. The summed E-state index contributed by atoms with van der Waals surface area (Å²) in [6.45, 7) is 6.54. The second-order valence-corrected chi connectivity index (χ2v) is 6.64. The predicted octanol–water partition coefficient (Wildman–Crippen LogP) is 3.82. The standard InChI is InChI=1S/C18H29NO/c1-14-10-11-15(2)17(12-14)18(3,13-20)19-16-8-6-4-5-7-9-16/h10-12,16,19-20H,4-9,13H2,1-3H3. The first-order valence-electron chi connectivity index (χ1n) is 8.01. The number of benzene rings is 1. The molecule has 1 aliphatic carbocycles. The largest absolute Gasteiger partial charge is 0.394 e. The van der Waals surface area contributed by atoms with Crippen molar-refractivity contribution in [3.63, 3.8) is 0 Å². The van der Waals surface area contributed by atoms with Crippen LogP contribution >= 0.6 is 0 Å². The highest BCUT2D eigenvalue weighted by Gasteiger charge is 2.30. The molecule has 0 spiro atoms. The smallest absolute Gasteiger partial charge is 0.0652 e. The molecule has 1 saturated carbocycles. The molecule has 1 aromatic carbocycles. The van der Waals surface area contributed by atoms with Crippen LogP contribution in [0.1, 0.15) is 62.1 Å². The lowest BCUT2D eigenvalue weighted by atomic mass is 9.86. The van der Waals surface area contributed by atoms with Crippen LogP contribution in [0.25, 0.3) is 0 Å². The highest BCUT2D eigenvalue weighted by atomic mass is 16.3. The lowest BCUT2D eigenvalue weighted by Gasteiger charge is -2.35. The predicted molar refractivity (Wildman–Crippen MR) is 85.0 cm³/mol. The van der Waals surface area contributed by atoms with Crippen molar-refractivity contribution in [2.24, 2.45) is 0 Å². The van der Waals surface area contributed by atoms with Crippen molar-refractivity contribution < 1.29 is 5.11 Å². The number of aliphatic hydroxyl groups is 1. The van der Waals surface area contributed by atoms with E-state index in [1.165, 1.54) is 55.2 Å². The van der Waals surface area contributed by atoms with Gasteiger partial charge in [0.05, 0.1) is 12.1 Å². The Morgan fingerprint density at radius 1 is 1.15 bits per heavy atom. The molecule has 0 bridgehead atoms. The lowest BCUT2D eigenvalue weighted by molar-refractivity contribution is 0.156. The highest BCUT2D eigenvalue weighted by molar-refractivity contribution is 5.36. The van der Waals surface area contributed by atoms with Gasteiger partial charge in [0.25, 0.3) is 0 Å². The summed E-state index contributed by atoms with van der Waals surface area (Å²) < 4.78 is 0. The first kappa shape index (κ1) is 15.5. The van der Waals surface area contributed by atoms with Crippen LogP contribution in [0.5, 0.6) is 0 Å². The van der Waals surface area contributed by atoms with E-state index < -0.39 is 0 Å². The van der Waals surface area contributed by atoms with E-state index in [0.29, 0.717) is 6.04 Å². The Hall–Kier alpha value is -0.860. The third kappa shape index (κ3) is 3.62. The molecule has 0 heterocycles. The van der Waals surface area contributed by atoms with E-state index in [0.717, 1.165) is 0 Å². The second kappa shape index (κ2) is 6.73. The van der Waals surface area contributed by atoms with Gasteiger partial charge < -0.3 is 10.4 Å². The highest BCUT2D eigenvalue weighted by Crippen LogP contribution is 2.28. The summed E-state index contributed by atoms with van der Waals surface area (Å²) in [5, 5.41) is 13.7. The zero-order valence-electron chi connectivity index (χ0n) is 13.2. The Kier molecular flexibility index (Phi) is 5.22. The van der Waals surface area contributed by atoms with Crippen LogP contribution < -0.4 is 5.32 Å². The molecule has 0 saturated heterocycles. The topological polar surface area (TPSA) is 32.3 Å². The van der Waals surface area contributed by atoms with Crippen LogP contribution in [-0.4, -0.2) is 17.8 Å². The molecular weight excluding hydrogens is 246 g/mol. The van der Waals surface area contributed by atoms with Crippen LogP contribution in [-0.2, 0) is 5.54 Å². The van der Waals surface area contributed by atoms with E-state index in [4.69, 9.17) is 0 Å². The molecule has 2 heteroatoms. The number of nitrogens with one attached hydrogen (secondary N) is 1. The molecule has 2 N–H and O–H groups in total. The fourth-order valence-corrected chi connectivity index (χ4v) is 3.41. The van der Waals surface area contributed by atoms with Crippen molar-refractivity contribution in [1.29, 1.82) is 0 Å². The van der Waals surface area contributed by atoms with Gasteiger partial charge in [0.2, 0.25) is 0 Å². The van der Waals surface area contributed by atoms with Gasteiger partial charge in [-0.1, -0.05) is 49.4 Å².